The number of aromatic nitrogens is 3. The molecule has 1 aliphatic heterocycles. The maximum absolute atomic E-state index is 6.09. The van der Waals surface area contributed by atoms with Crippen LogP contribution in [-0.2, 0) is 0 Å². The van der Waals surface area contributed by atoms with Crippen LogP contribution in [0.4, 0.5) is 11.5 Å². The summed E-state index contributed by atoms with van der Waals surface area (Å²) in [6.07, 6.45) is 9.11. The molecule has 1 aliphatic carbocycles. The standard InChI is InChI=1S/C31H35ClN6O/c1-21-36-37-31(39-21)23-10-14-27(15-11-23)38-18-4-5-26(20-38)34-28-6-2-3-7-29(28)35-30-19-24(16-17-33-30)22-8-12-25(32)13-9-22/h8-17,19,26,28-29,34H,2-7,18,20H2,1H3,(H,33,35)/t26?,28-,29-/m1/s1. The van der Waals surface area contributed by atoms with Gasteiger partial charge in [-0.3, -0.25) is 0 Å². The monoisotopic (exact) mass is 542 g/mol. The van der Waals surface area contributed by atoms with Crippen LogP contribution in [0.1, 0.15) is 44.4 Å². The minimum absolute atomic E-state index is 0.360. The normalized spacial score (nSPS) is 21.6. The molecule has 1 unspecified atom stereocenters. The van der Waals surface area contributed by atoms with Crippen molar-refractivity contribution >= 4 is 23.1 Å². The first-order valence-corrected chi connectivity index (χ1v) is 14.4. The molecule has 202 valence electrons. The van der Waals surface area contributed by atoms with Gasteiger partial charge in [-0.05, 0) is 85.3 Å². The molecule has 8 heteroatoms. The summed E-state index contributed by atoms with van der Waals surface area (Å²) in [5.41, 5.74) is 4.48. The van der Waals surface area contributed by atoms with Crippen LogP contribution in [0.2, 0.25) is 5.02 Å². The number of nitrogens with one attached hydrogen (secondary N) is 2. The van der Waals surface area contributed by atoms with Gasteiger partial charge in [-0.2, -0.15) is 0 Å². The van der Waals surface area contributed by atoms with Gasteiger partial charge in [0.15, 0.2) is 0 Å². The van der Waals surface area contributed by atoms with Crippen molar-refractivity contribution in [3.05, 3.63) is 77.8 Å². The molecule has 2 fully saturated rings. The fourth-order valence-electron chi connectivity index (χ4n) is 5.90. The zero-order valence-electron chi connectivity index (χ0n) is 22.3. The van der Waals surface area contributed by atoms with Gasteiger partial charge >= 0.3 is 0 Å². The fraction of sp³-hybridized carbons (Fsp3) is 0.387. The van der Waals surface area contributed by atoms with E-state index in [4.69, 9.17) is 16.0 Å². The fourth-order valence-corrected chi connectivity index (χ4v) is 6.03. The lowest BCUT2D eigenvalue weighted by atomic mass is 9.89. The Hall–Kier alpha value is -3.42. The predicted molar refractivity (Wildman–Crippen MR) is 157 cm³/mol. The van der Waals surface area contributed by atoms with Crippen molar-refractivity contribution in [1.29, 1.82) is 0 Å². The van der Waals surface area contributed by atoms with Crippen LogP contribution >= 0.6 is 11.6 Å². The van der Waals surface area contributed by atoms with Gasteiger partial charge in [-0.15, -0.1) is 10.2 Å². The minimum atomic E-state index is 0.360. The first-order chi connectivity index (χ1) is 19.1. The molecule has 7 nitrogen and oxygen atoms in total. The van der Waals surface area contributed by atoms with Crippen LogP contribution in [0.15, 0.2) is 71.3 Å². The molecular formula is C31H35ClN6O. The van der Waals surface area contributed by atoms with Crippen LogP contribution in [0.25, 0.3) is 22.6 Å². The van der Waals surface area contributed by atoms with E-state index in [2.05, 4.69) is 79.2 Å². The lowest BCUT2D eigenvalue weighted by Crippen LogP contribution is -2.54. The lowest BCUT2D eigenvalue weighted by Gasteiger charge is -2.40. The molecule has 6 rings (SSSR count). The molecule has 2 aromatic heterocycles. The molecule has 2 aliphatic rings. The quantitative estimate of drug-likeness (QED) is 0.267. The number of benzene rings is 2. The minimum Gasteiger partial charge on any atom is -0.421 e. The third kappa shape index (κ3) is 6.26. The summed E-state index contributed by atoms with van der Waals surface area (Å²) in [6.45, 7) is 3.89. The van der Waals surface area contributed by atoms with E-state index in [0.29, 0.717) is 29.9 Å². The summed E-state index contributed by atoms with van der Waals surface area (Å²) in [5.74, 6) is 2.09. The van der Waals surface area contributed by atoms with E-state index < -0.39 is 0 Å². The highest BCUT2D eigenvalue weighted by Gasteiger charge is 2.29. The Balaban J connectivity index is 1.10. The Bertz CT molecular complexity index is 1370. The van der Waals surface area contributed by atoms with Crippen LogP contribution in [0, 0.1) is 6.92 Å². The van der Waals surface area contributed by atoms with E-state index in [1.165, 1.54) is 37.8 Å². The zero-order valence-corrected chi connectivity index (χ0v) is 23.1. The van der Waals surface area contributed by atoms with Gasteiger partial charge in [-0.1, -0.05) is 36.6 Å². The largest absolute Gasteiger partial charge is 0.421 e. The lowest BCUT2D eigenvalue weighted by molar-refractivity contribution is 0.293. The number of pyridine rings is 1. The smallest absolute Gasteiger partial charge is 0.247 e. The highest BCUT2D eigenvalue weighted by atomic mass is 35.5. The number of anilines is 2. The molecule has 1 saturated carbocycles. The summed E-state index contributed by atoms with van der Waals surface area (Å²) in [4.78, 5) is 7.14. The summed E-state index contributed by atoms with van der Waals surface area (Å²) >= 11 is 6.09. The average Bonchev–Trinajstić information content (AvgIpc) is 3.41. The number of halogens is 1. The Kier molecular flexibility index (Phi) is 7.79. The molecule has 2 aromatic carbocycles. The first kappa shape index (κ1) is 25.8. The summed E-state index contributed by atoms with van der Waals surface area (Å²) in [5, 5.41) is 16.7. The third-order valence-corrected chi connectivity index (χ3v) is 8.17. The van der Waals surface area contributed by atoms with Crippen molar-refractivity contribution < 1.29 is 4.42 Å². The van der Waals surface area contributed by atoms with E-state index in [9.17, 15) is 0 Å². The van der Waals surface area contributed by atoms with Gasteiger partial charge in [0.2, 0.25) is 11.8 Å². The van der Waals surface area contributed by atoms with Crippen molar-refractivity contribution in [2.75, 3.05) is 23.3 Å². The first-order valence-electron chi connectivity index (χ1n) is 14.0. The third-order valence-electron chi connectivity index (χ3n) is 7.91. The maximum Gasteiger partial charge on any atom is 0.247 e. The molecule has 0 spiro atoms. The van der Waals surface area contributed by atoms with E-state index in [0.717, 1.165) is 47.0 Å². The Morgan fingerprint density at radius 1 is 0.846 bits per heavy atom. The maximum atomic E-state index is 6.09. The van der Waals surface area contributed by atoms with Crippen molar-refractivity contribution in [3.8, 4) is 22.6 Å². The van der Waals surface area contributed by atoms with Crippen molar-refractivity contribution in [3.63, 3.8) is 0 Å². The SMILES string of the molecule is Cc1nnc(-c2ccc(N3CCCC(N[C@@H]4CCCC[C@H]4Nc4cc(-c5ccc(Cl)cc5)ccn4)C3)cc2)o1. The number of rotatable bonds is 7. The molecule has 4 aromatic rings. The molecule has 0 amide bonds. The summed E-state index contributed by atoms with van der Waals surface area (Å²) < 4.78 is 5.58. The summed E-state index contributed by atoms with van der Waals surface area (Å²) in [6, 6.07) is 21.9. The molecule has 0 bridgehead atoms. The number of hydrogen-bond acceptors (Lipinski definition) is 7. The highest BCUT2D eigenvalue weighted by Crippen LogP contribution is 2.28. The van der Waals surface area contributed by atoms with Crippen LogP contribution in [-0.4, -0.2) is 46.4 Å². The Morgan fingerprint density at radius 3 is 2.38 bits per heavy atom. The molecule has 39 heavy (non-hydrogen) atoms. The number of piperidine rings is 1. The topological polar surface area (TPSA) is 79.1 Å². The summed E-state index contributed by atoms with van der Waals surface area (Å²) in [7, 11) is 0. The zero-order chi connectivity index (χ0) is 26.6. The number of aryl methyl sites for hydroxylation is 1. The van der Waals surface area contributed by atoms with Crippen molar-refractivity contribution in [1.82, 2.24) is 20.5 Å². The van der Waals surface area contributed by atoms with E-state index in [1.54, 1.807) is 0 Å². The molecular weight excluding hydrogens is 508 g/mol. The second kappa shape index (κ2) is 11.8. The molecule has 3 heterocycles. The van der Waals surface area contributed by atoms with Crippen LogP contribution in [0.5, 0.6) is 0 Å². The second-order valence-electron chi connectivity index (χ2n) is 10.7. The average molecular weight is 543 g/mol. The molecule has 3 atom stereocenters. The number of nitrogens with zero attached hydrogens (tertiary/aromatic N) is 4. The van der Waals surface area contributed by atoms with Gasteiger partial charge in [0, 0.05) is 60.6 Å². The van der Waals surface area contributed by atoms with Crippen LogP contribution in [0.3, 0.4) is 0 Å². The highest BCUT2D eigenvalue weighted by molar-refractivity contribution is 6.30. The van der Waals surface area contributed by atoms with Crippen molar-refractivity contribution in [2.45, 2.75) is 63.6 Å². The van der Waals surface area contributed by atoms with Gasteiger partial charge in [0.25, 0.3) is 0 Å². The molecule has 0 radical (unpaired) electrons. The van der Waals surface area contributed by atoms with Gasteiger partial charge in [-0.25, -0.2) is 4.98 Å². The molecule has 1 saturated heterocycles. The molecule has 2 N–H and O–H groups in total. The van der Waals surface area contributed by atoms with Crippen LogP contribution < -0.4 is 15.5 Å². The second-order valence-corrected chi connectivity index (χ2v) is 11.1. The Morgan fingerprint density at radius 2 is 1.62 bits per heavy atom. The van der Waals surface area contributed by atoms with E-state index in [-0.39, 0.29) is 0 Å². The number of hydrogen-bond donors (Lipinski definition) is 2. The van der Waals surface area contributed by atoms with Gasteiger partial charge in [0.1, 0.15) is 5.82 Å². The van der Waals surface area contributed by atoms with E-state index in [1.807, 2.05) is 25.3 Å². The van der Waals surface area contributed by atoms with Gasteiger partial charge < -0.3 is 20.0 Å². The van der Waals surface area contributed by atoms with E-state index >= 15 is 0 Å². The Labute approximate surface area is 235 Å². The predicted octanol–water partition coefficient (Wildman–Crippen LogP) is 6.74. The van der Waals surface area contributed by atoms with Gasteiger partial charge in [0.05, 0.1) is 0 Å². The van der Waals surface area contributed by atoms with Crippen molar-refractivity contribution in [2.24, 2.45) is 0 Å².